The SMILES string of the molecule is COc1cc2c(c(C3(C(=O)O)CCCCC3)c1F)OCO2. The van der Waals surface area contributed by atoms with E-state index < -0.39 is 17.2 Å². The molecular weight excluding hydrogens is 279 g/mol. The van der Waals surface area contributed by atoms with Gasteiger partial charge in [0.15, 0.2) is 23.1 Å². The fourth-order valence-corrected chi connectivity index (χ4v) is 3.30. The van der Waals surface area contributed by atoms with E-state index in [1.54, 1.807) is 0 Å². The molecule has 0 atom stereocenters. The van der Waals surface area contributed by atoms with Gasteiger partial charge in [0.05, 0.1) is 18.1 Å². The molecule has 5 nitrogen and oxygen atoms in total. The molecule has 2 aliphatic rings. The maximum Gasteiger partial charge on any atom is 0.314 e. The van der Waals surface area contributed by atoms with Gasteiger partial charge in [0.1, 0.15) is 0 Å². The average Bonchev–Trinajstić information content (AvgIpc) is 2.94. The largest absolute Gasteiger partial charge is 0.494 e. The van der Waals surface area contributed by atoms with E-state index in [9.17, 15) is 14.3 Å². The highest BCUT2D eigenvalue weighted by Crippen LogP contribution is 2.51. The summed E-state index contributed by atoms with van der Waals surface area (Å²) in [6.07, 6.45) is 3.24. The Labute approximate surface area is 121 Å². The van der Waals surface area contributed by atoms with Crippen molar-refractivity contribution in [1.29, 1.82) is 0 Å². The first-order valence-corrected chi connectivity index (χ1v) is 7.00. The predicted molar refractivity (Wildman–Crippen MR) is 71.5 cm³/mol. The molecule has 0 radical (unpaired) electrons. The number of rotatable bonds is 3. The number of hydrogen-bond acceptors (Lipinski definition) is 4. The highest BCUT2D eigenvalue weighted by molar-refractivity contribution is 5.84. The normalized spacial score (nSPS) is 19.3. The highest BCUT2D eigenvalue weighted by atomic mass is 19.1. The fourth-order valence-electron chi connectivity index (χ4n) is 3.30. The predicted octanol–water partition coefficient (Wildman–Crippen LogP) is 2.85. The molecule has 1 aromatic rings. The minimum Gasteiger partial charge on any atom is -0.494 e. The quantitative estimate of drug-likeness (QED) is 0.929. The number of halogens is 1. The Morgan fingerprint density at radius 2 is 2.05 bits per heavy atom. The van der Waals surface area contributed by atoms with E-state index in [0.29, 0.717) is 18.6 Å². The first-order valence-electron chi connectivity index (χ1n) is 7.00. The van der Waals surface area contributed by atoms with Crippen LogP contribution in [0.1, 0.15) is 37.7 Å². The van der Waals surface area contributed by atoms with Gasteiger partial charge in [0, 0.05) is 6.07 Å². The molecule has 1 aliphatic heterocycles. The smallest absolute Gasteiger partial charge is 0.314 e. The summed E-state index contributed by atoms with van der Waals surface area (Å²) < 4.78 is 30.5. The highest BCUT2D eigenvalue weighted by Gasteiger charge is 2.47. The molecule has 1 heterocycles. The van der Waals surface area contributed by atoms with Crippen molar-refractivity contribution < 1.29 is 28.5 Å². The number of carboxylic acid groups (broad SMARTS) is 1. The fraction of sp³-hybridized carbons (Fsp3) is 0.533. The number of ether oxygens (including phenoxy) is 3. The van der Waals surface area contributed by atoms with Crippen LogP contribution in [0.25, 0.3) is 0 Å². The number of carbonyl (C=O) groups is 1. The molecule has 21 heavy (non-hydrogen) atoms. The number of methoxy groups -OCH3 is 1. The topological polar surface area (TPSA) is 65.0 Å². The Morgan fingerprint density at radius 1 is 1.33 bits per heavy atom. The summed E-state index contributed by atoms with van der Waals surface area (Å²) in [5.74, 6) is -1.15. The summed E-state index contributed by atoms with van der Waals surface area (Å²) in [6.45, 7) is -0.0371. The van der Waals surface area contributed by atoms with Crippen LogP contribution in [-0.4, -0.2) is 25.0 Å². The number of carboxylic acids is 1. The van der Waals surface area contributed by atoms with Gasteiger partial charge < -0.3 is 19.3 Å². The van der Waals surface area contributed by atoms with Crippen LogP contribution in [0.15, 0.2) is 6.07 Å². The Balaban J connectivity index is 2.24. The van der Waals surface area contributed by atoms with Crippen molar-refractivity contribution in [3.05, 3.63) is 17.4 Å². The summed E-state index contributed by atoms with van der Waals surface area (Å²) in [4.78, 5) is 11.9. The molecule has 0 aromatic heterocycles. The van der Waals surface area contributed by atoms with Crippen molar-refractivity contribution in [3.8, 4) is 17.2 Å². The van der Waals surface area contributed by atoms with Gasteiger partial charge in [-0.1, -0.05) is 19.3 Å². The second-order valence-electron chi connectivity index (χ2n) is 5.45. The molecule has 114 valence electrons. The van der Waals surface area contributed by atoms with E-state index in [2.05, 4.69) is 0 Å². The van der Waals surface area contributed by atoms with Crippen LogP contribution in [0.3, 0.4) is 0 Å². The maximum atomic E-state index is 14.8. The molecule has 1 aliphatic carbocycles. The molecular formula is C15H17FO5. The zero-order valence-electron chi connectivity index (χ0n) is 11.8. The second-order valence-corrected chi connectivity index (χ2v) is 5.45. The van der Waals surface area contributed by atoms with Crippen LogP contribution in [-0.2, 0) is 10.2 Å². The summed E-state index contributed by atoms with van der Waals surface area (Å²) in [5, 5.41) is 9.76. The molecule has 1 N–H and O–H groups in total. The first-order chi connectivity index (χ1) is 10.1. The average molecular weight is 296 g/mol. The Kier molecular flexibility index (Phi) is 3.39. The maximum absolute atomic E-state index is 14.8. The van der Waals surface area contributed by atoms with Crippen LogP contribution < -0.4 is 14.2 Å². The third kappa shape index (κ3) is 2.01. The van der Waals surface area contributed by atoms with E-state index in [1.165, 1.54) is 13.2 Å². The van der Waals surface area contributed by atoms with Gasteiger partial charge >= 0.3 is 5.97 Å². The van der Waals surface area contributed by atoms with Gasteiger partial charge in [0.25, 0.3) is 0 Å². The Bertz CT molecular complexity index is 577. The molecule has 0 saturated heterocycles. The standard InChI is InChI=1S/C15H17FO5/c1-19-9-7-10-13(21-8-20-10)11(12(9)16)15(14(17)18)5-3-2-4-6-15/h7H,2-6,8H2,1H3,(H,17,18). The molecule has 1 fully saturated rings. The summed E-state index contributed by atoms with van der Waals surface area (Å²) in [5.41, 5.74) is -1.20. The third-order valence-corrected chi connectivity index (χ3v) is 4.38. The number of benzene rings is 1. The first kappa shape index (κ1) is 14.0. The van der Waals surface area contributed by atoms with Gasteiger partial charge in [-0.3, -0.25) is 4.79 Å². The van der Waals surface area contributed by atoms with E-state index >= 15 is 0 Å². The van der Waals surface area contributed by atoms with Gasteiger partial charge in [-0.2, -0.15) is 0 Å². The number of fused-ring (bicyclic) bond motifs is 1. The number of aliphatic carboxylic acids is 1. The van der Waals surface area contributed by atoms with Crippen molar-refractivity contribution in [3.63, 3.8) is 0 Å². The lowest BCUT2D eigenvalue weighted by Crippen LogP contribution is -2.39. The Hall–Kier alpha value is -1.98. The van der Waals surface area contributed by atoms with Crippen LogP contribution >= 0.6 is 0 Å². The van der Waals surface area contributed by atoms with Gasteiger partial charge in [0.2, 0.25) is 6.79 Å². The van der Waals surface area contributed by atoms with Crippen LogP contribution in [0.2, 0.25) is 0 Å². The molecule has 0 spiro atoms. The summed E-state index contributed by atoms with van der Waals surface area (Å²) in [7, 11) is 1.35. The van der Waals surface area contributed by atoms with Crippen molar-refractivity contribution >= 4 is 5.97 Å². The number of hydrogen-bond donors (Lipinski definition) is 1. The molecule has 6 heteroatoms. The van der Waals surface area contributed by atoms with Crippen molar-refractivity contribution in [2.75, 3.05) is 13.9 Å². The molecule has 1 saturated carbocycles. The monoisotopic (exact) mass is 296 g/mol. The molecule has 0 unspecified atom stereocenters. The molecule has 1 aromatic carbocycles. The van der Waals surface area contributed by atoms with E-state index in [4.69, 9.17) is 14.2 Å². The zero-order chi connectivity index (χ0) is 15.0. The van der Waals surface area contributed by atoms with Crippen LogP contribution in [0, 0.1) is 5.82 Å². The van der Waals surface area contributed by atoms with Gasteiger partial charge in [-0.25, -0.2) is 4.39 Å². The van der Waals surface area contributed by atoms with Crippen LogP contribution in [0.4, 0.5) is 4.39 Å². The van der Waals surface area contributed by atoms with Crippen LogP contribution in [0.5, 0.6) is 17.2 Å². The van der Waals surface area contributed by atoms with Gasteiger partial charge in [-0.15, -0.1) is 0 Å². The van der Waals surface area contributed by atoms with Crippen molar-refractivity contribution in [1.82, 2.24) is 0 Å². The lowest BCUT2D eigenvalue weighted by Gasteiger charge is -2.34. The van der Waals surface area contributed by atoms with Gasteiger partial charge in [-0.05, 0) is 12.8 Å². The molecule has 3 rings (SSSR count). The zero-order valence-corrected chi connectivity index (χ0v) is 11.8. The molecule has 0 bridgehead atoms. The van der Waals surface area contributed by atoms with Crippen molar-refractivity contribution in [2.45, 2.75) is 37.5 Å². The minimum absolute atomic E-state index is 0.0135. The summed E-state index contributed by atoms with van der Waals surface area (Å²) in [6, 6.07) is 1.40. The van der Waals surface area contributed by atoms with E-state index in [1.807, 2.05) is 0 Å². The minimum atomic E-state index is -1.27. The lowest BCUT2D eigenvalue weighted by molar-refractivity contribution is -0.145. The second kappa shape index (κ2) is 5.09. The van der Waals surface area contributed by atoms with E-state index in [0.717, 1.165) is 19.3 Å². The molecule has 0 amide bonds. The summed E-state index contributed by atoms with van der Waals surface area (Å²) >= 11 is 0. The third-order valence-electron chi connectivity index (χ3n) is 4.38. The Morgan fingerprint density at radius 3 is 2.67 bits per heavy atom. The van der Waals surface area contributed by atoms with Crippen molar-refractivity contribution in [2.24, 2.45) is 0 Å². The van der Waals surface area contributed by atoms with E-state index in [-0.39, 0.29) is 23.9 Å². The lowest BCUT2D eigenvalue weighted by atomic mass is 9.68.